The molecule has 2 amide bonds. The van der Waals surface area contributed by atoms with E-state index in [2.05, 4.69) is 17.6 Å². The van der Waals surface area contributed by atoms with Gasteiger partial charge in [0.05, 0.1) is 5.56 Å². The van der Waals surface area contributed by atoms with Gasteiger partial charge >= 0.3 is 0 Å². The maximum absolute atomic E-state index is 13.2. The number of aryl methyl sites for hydroxylation is 1. The molecule has 0 saturated carbocycles. The van der Waals surface area contributed by atoms with Gasteiger partial charge in [0.25, 0.3) is 11.8 Å². The van der Waals surface area contributed by atoms with E-state index in [1.165, 1.54) is 16.2 Å². The Labute approximate surface area is 185 Å². The number of amides is 2. The van der Waals surface area contributed by atoms with Crippen LogP contribution in [0.2, 0.25) is 5.02 Å². The monoisotopic (exact) mass is 438 g/mol. The summed E-state index contributed by atoms with van der Waals surface area (Å²) in [6, 6.07) is 14.4. The smallest absolute Gasteiger partial charge is 0.258 e. The summed E-state index contributed by atoms with van der Waals surface area (Å²) in [4.78, 5) is 27.2. The van der Waals surface area contributed by atoms with Crippen molar-refractivity contribution in [2.45, 2.75) is 33.1 Å². The molecule has 2 N–H and O–H groups in total. The number of hydrogen-bond donors (Lipinski definition) is 2. The van der Waals surface area contributed by atoms with E-state index in [0.717, 1.165) is 30.4 Å². The molecule has 6 heteroatoms. The number of anilines is 2. The predicted octanol–water partition coefficient (Wildman–Crippen LogP) is 6.34. The fourth-order valence-corrected chi connectivity index (χ4v) is 5.22. The molecule has 0 fully saturated rings. The second kappa shape index (κ2) is 8.62. The molecule has 3 aromatic rings. The summed E-state index contributed by atoms with van der Waals surface area (Å²) in [5.74, 6) is 0.162. The first-order valence-corrected chi connectivity index (χ1v) is 11.2. The third kappa shape index (κ3) is 4.42. The number of halogens is 1. The van der Waals surface area contributed by atoms with Gasteiger partial charge in [-0.3, -0.25) is 9.59 Å². The van der Waals surface area contributed by atoms with Crippen molar-refractivity contribution < 1.29 is 9.59 Å². The topological polar surface area (TPSA) is 58.2 Å². The first kappa shape index (κ1) is 20.6. The summed E-state index contributed by atoms with van der Waals surface area (Å²) in [7, 11) is 0. The largest absolute Gasteiger partial charge is 0.322 e. The Kier molecular flexibility index (Phi) is 5.93. The number of fused-ring (bicyclic) bond motifs is 1. The van der Waals surface area contributed by atoms with Crippen molar-refractivity contribution in [2.75, 3.05) is 10.6 Å². The van der Waals surface area contributed by atoms with E-state index < -0.39 is 0 Å². The van der Waals surface area contributed by atoms with Crippen molar-refractivity contribution in [1.29, 1.82) is 0 Å². The quantitative estimate of drug-likeness (QED) is 0.499. The molecule has 0 radical (unpaired) electrons. The van der Waals surface area contributed by atoms with Crippen molar-refractivity contribution in [3.63, 3.8) is 0 Å². The Hall–Kier alpha value is -2.63. The lowest BCUT2D eigenvalue weighted by Crippen LogP contribution is -2.19. The molecular weight excluding hydrogens is 416 g/mol. The summed E-state index contributed by atoms with van der Waals surface area (Å²) in [5.41, 5.74) is 3.98. The Bertz CT molecular complexity index is 1090. The summed E-state index contributed by atoms with van der Waals surface area (Å²) in [6.07, 6.45) is 2.81. The van der Waals surface area contributed by atoms with Crippen LogP contribution >= 0.6 is 22.9 Å². The minimum absolute atomic E-state index is 0.205. The lowest BCUT2D eigenvalue weighted by molar-refractivity contribution is 0.102. The molecule has 0 spiro atoms. The predicted molar refractivity (Wildman–Crippen MR) is 124 cm³/mol. The average Bonchev–Trinajstić information content (AvgIpc) is 3.07. The molecule has 2 aromatic carbocycles. The van der Waals surface area contributed by atoms with E-state index in [-0.39, 0.29) is 11.8 Å². The highest BCUT2D eigenvalue weighted by atomic mass is 35.5. The molecular formula is C24H23ClN2O2S. The standard InChI is InChI=1S/C24H23ClN2O2S/c1-14-3-6-16(7-4-14)22(28)27-24-21(19-12-5-15(2)13-20(19)30-24)23(29)26-18-10-8-17(25)9-11-18/h3-4,6-11,15H,5,12-13H2,1-2H3,(H,26,29)(H,27,28)/t15-/m1/s1. The van der Waals surface area contributed by atoms with E-state index in [1.807, 2.05) is 19.1 Å². The number of nitrogens with one attached hydrogen (secondary N) is 2. The number of carbonyl (C=O) groups is 2. The first-order valence-electron chi connectivity index (χ1n) is 10.00. The van der Waals surface area contributed by atoms with Gasteiger partial charge in [-0.1, -0.05) is 36.2 Å². The lowest BCUT2D eigenvalue weighted by atomic mass is 9.88. The summed E-state index contributed by atoms with van der Waals surface area (Å²) < 4.78 is 0. The Balaban J connectivity index is 1.65. The van der Waals surface area contributed by atoms with Gasteiger partial charge in [-0.2, -0.15) is 0 Å². The maximum atomic E-state index is 13.2. The van der Waals surface area contributed by atoms with Crippen molar-refractivity contribution in [2.24, 2.45) is 5.92 Å². The second-order valence-electron chi connectivity index (χ2n) is 7.84. The van der Waals surface area contributed by atoms with E-state index in [9.17, 15) is 9.59 Å². The molecule has 1 aromatic heterocycles. The van der Waals surface area contributed by atoms with Crippen LogP contribution in [-0.2, 0) is 12.8 Å². The number of benzene rings is 2. The molecule has 30 heavy (non-hydrogen) atoms. The van der Waals surface area contributed by atoms with E-state index >= 15 is 0 Å². The van der Waals surface area contributed by atoms with Crippen LogP contribution in [0.15, 0.2) is 48.5 Å². The number of rotatable bonds is 4. The highest BCUT2D eigenvalue weighted by molar-refractivity contribution is 7.17. The Morgan fingerprint density at radius 3 is 2.40 bits per heavy atom. The van der Waals surface area contributed by atoms with Crippen molar-refractivity contribution in [3.05, 3.63) is 80.7 Å². The van der Waals surface area contributed by atoms with Crippen LogP contribution in [0.5, 0.6) is 0 Å². The van der Waals surface area contributed by atoms with Crippen LogP contribution in [0.1, 0.15) is 50.1 Å². The van der Waals surface area contributed by atoms with Crippen LogP contribution < -0.4 is 10.6 Å². The highest BCUT2D eigenvalue weighted by Gasteiger charge is 2.28. The zero-order valence-corrected chi connectivity index (χ0v) is 18.5. The minimum atomic E-state index is -0.206. The second-order valence-corrected chi connectivity index (χ2v) is 9.38. The molecule has 4 nitrogen and oxygen atoms in total. The summed E-state index contributed by atoms with van der Waals surface area (Å²) in [5, 5.41) is 7.17. The molecule has 4 rings (SSSR count). The van der Waals surface area contributed by atoms with E-state index in [0.29, 0.717) is 32.8 Å². The van der Waals surface area contributed by atoms with Crippen molar-refractivity contribution >= 4 is 45.4 Å². The van der Waals surface area contributed by atoms with E-state index in [4.69, 9.17) is 11.6 Å². The summed E-state index contributed by atoms with van der Waals surface area (Å²) in [6.45, 7) is 4.20. The van der Waals surface area contributed by atoms with Gasteiger partial charge in [0, 0.05) is 21.2 Å². The Morgan fingerprint density at radius 1 is 1.00 bits per heavy atom. The van der Waals surface area contributed by atoms with Gasteiger partial charge in [-0.05, 0) is 74.1 Å². The fourth-order valence-electron chi connectivity index (χ4n) is 3.69. The van der Waals surface area contributed by atoms with Crippen LogP contribution in [0.25, 0.3) is 0 Å². The zero-order chi connectivity index (χ0) is 21.3. The molecule has 0 saturated heterocycles. The van der Waals surface area contributed by atoms with Gasteiger partial charge < -0.3 is 10.6 Å². The van der Waals surface area contributed by atoms with Crippen molar-refractivity contribution in [1.82, 2.24) is 0 Å². The maximum Gasteiger partial charge on any atom is 0.258 e. The van der Waals surface area contributed by atoms with Gasteiger partial charge in [0.1, 0.15) is 5.00 Å². The van der Waals surface area contributed by atoms with Crippen LogP contribution in [0, 0.1) is 12.8 Å². The molecule has 0 aliphatic heterocycles. The number of thiophene rings is 1. The minimum Gasteiger partial charge on any atom is -0.322 e. The lowest BCUT2D eigenvalue weighted by Gasteiger charge is -2.18. The van der Waals surface area contributed by atoms with Crippen LogP contribution in [0.3, 0.4) is 0 Å². The van der Waals surface area contributed by atoms with Crippen LogP contribution in [0.4, 0.5) is 10.7 Å². The molecule has 0 bridgehead atoms. The third-order valence-corrected chi connectivity index (χ3v) is 6.80. The molecule has 1 aliphatic rings. The van der Waals surface area contributed by atoms with E-state index in [1.54, 1.807) is 36.4 Å². The zero-order valence-electron chi connectivity index (χ0n) is 16.9. The van der Waals surface area contributed by atoms with Gasteiger partial charge in [0.2, 0.25) is 0 Å². The molecule has 1 heterocycles. The first-order chi connectivity index (χ1) is 14.4. The van der Waals surface area contributed by atoms with Crippen molar-refractivity contribution in [3.8, 4) is 0 Å². The number of carbonyl (C=O) groups excluding carboxylic acids is 2. The third-order valence-electron chi connectivity index (χ3n) is 5.38. The van der Waals surface area contributed by atoms with Crippen LogP contribution in [-0.4, -0.2) is 11.8 Å². The summed E-state index contributed by atoms with van der Waals surface area (Å²) >= 11 is 7.47. The van der Waals surface area contributed by atoms with Gasteiger partial charge in [-0.25, -0.2) is 0 Å². The highest BCUT2D eigenvalue weighted by Crippen LogP contribution is 2.40. The molecule has 0 unspecified atom stereocenters. The molecule has 1 atom stereocenters. The number of hydrogen-bond acceptors (Lipinski definition) is 3. The molecule has 154 valence electrons. The fraction of sp³-hybridized carbons (Fsp3) is 0.250. The normalized spacial score (nSPS) is 15.4. The molecule has 1 aliphatic carbocycles. The van der Waals surface area contributed by atoms with Gasteiger partial charge in [-0.15, -0.1) is 11.3 Å². The Morgan fingerprint density at radius 2 is 1.70 bits per heavy atom. The SMILES string of the molecule is Cc1ccc(C(=O)Nc2sc3c(c2C(=O)Nc2ccc(Cl)cc2)CC[C@@H](C)C3)cc1. The van der Waals surface area contributed by atoms with Gasteiger partial charge in [0.15, 0.2) is 0 Å². The average molecular weight is 439 g/mol.